The van der Waals surface area contributed by atoms with Gasteiger partial charge in [0.1, 0.15) is 5.69 Å². The van der Waals surface area contributed by atoms with Crippen LogP contribution in [0, 0.1) is 0 Å². The number of thiazole rings is 1. The number of nitrogens with one attached hydrogen (secondary N) is 1. The van der Waals surface area contributed by atoms with Crippen LogP contribution in [-0.4, -0.2) is 52.9 Å². The summed E-state index contributed by atoms with van der Waals surface area (Å²) >= 11 is 7.74. The van der Waals surface area contributed by atoms with E-state index < -0.39 is 0 Å². The molecule has 2 aliphatic rings. The normalized spacial score (nSPS) is 18.4. The van der Waals surface area contributed by atoms with Crippen LogP contribution in [0.1, 0.15) is 59.1 Å². The minimum atomic E-state index is -0.119. The van der Waals surface area contributed by atoms with Crippen molar-refractivity contribution >= 4 is 34.8 Å². The molecule has 6 nitrogen and oxygen atoms in total. The summed E-state index contributed by atoms with van der Waals surface area (Å²) < 4.78 is 0. The van der Waals surface area contributed by atoms with Crippen molar-refractivity contribution in [1.29, 1.82) is 0 Å². The summed E-state index contributed by atoms with van der Waals surface area (Å²) in [4.78, 5) is 31.6. The number of nitrogens with zero attached hydrogens (tertiary/aromatic N) is 3. The first-order valence-corrected chi connectivity index (χ1v) is 11.9. The van der Waals surface area contributed by atoms with E-state index in [0.29, 0.717) is 36.1 Å². The Bertz CT molecular complexity index is 889. The minimum Gasteiger partial charge on any atom is -0.342 e. The van der Waals surface area contributed by atoms with Crippen LogP contribution >= 0.6 is 22.9 Å². The minimum absolute atomic E-state index is 0.113. The number of piperidine rings is 2. The van der Waals surface area contributed by atoms with Gasteiger partial charge in [0.2, 0.25) is 5.91 Å². The number of carbonyl (C=O) groups is 2. The van der Waals surface area contributed by atoms with Crippen LogP contribution in [0.5, 0.6) is 0 Å². The third kappa shape index (κ3) is 5.20. The Morgan fingerprint density at radius 1 is 1.10 bits per heavy atom. The standard InChI is InChI=1S/C22H27ClN4O2S/c23-18-7-3-2-6-17(18)14-20(28)26-12-8-16(9-13-26)22-24-19(15-30-22)21(29)25-27-10-4-1-5-11-27/h2-3,6-7,15-16H,1,4-5,8-14H2,(H,25,29). The van der Waals surface area contributed by atoms with Crippen molar-refractivity contribution < 1.29 is 9.59 Å². The van der Waals surface area contributed by atoms with Crippen LogP contribution in [0.25, 0.3) is 0 Å². The lowest BCUT2D eigenvalue weighted by Crippen LogP contribution is -2.45. The van der Waals surface area contributed by atoms with Gasteiger partial charge in [0.05, 0.1) is 11.4 Å². The van der Waals surface area contributed by atoms with Crippen molar-refractivity contribution in [3.05, 3.63) is 50.9 Å². The van der Waals surface area contributed by atoms with Gasteiger partial charge in [0.25, 0.3) is 5.91 Å². The molecule has 2 saturated heterocycles. The Morgan fingerprint density at radius 2 is 1.83 bits per heavy atom. The Morgan fingerprint density at radius 3 is 2.57 bits per heavy atom. The highest BCUT2D eigenvalue weighted by molar-refractivity contribution is 7.09. The van der Waals surface area contributed by atoms with Gasteiger partial charge < -0.3 is 4.90 Å². The predicted molar refractivity (Wildman–Crippen MR) is 119 cm³/mol. The van der Waals surface area contributed by atoms with Crippen molar-refractivity contribution in [3.63, 3.8) is 0 Å². The van der Waals surface area contributed by atoms with Crippen LogP contribution in [-0.2, 0) is 11.2 Å². The van der Waals surface area contributed by atoms with Crippen molar-refractivity contribution in [2.45, 2.75) is 44.4 Å². The SMILES string of the molecule is O=C(NN1CCCCC1)c1csc(C2CCN(C(=O)Cc3ccccc3Cl)CC2)n1. The molecule has 2 amide bonds. The fourth-order valence-electron chi connectivity index (χ4n) is 4.08. The van der Waals surface area contributed by atoms with E-state index in [0.717, 1.165) is 49.3 Å². The van der Waals surface area contributed by atoms with Crippen molar-refractivity contribution in [1.82, 2.24) is 20.3 Å². The van der Waals surface area contributed by atoms with E-state index in [2.05, 4.69) is 10.4 Å². The highest BCUT2D eigenvalue weighted by Crippen LogP contribution is 2.31. The predicted octanol–water partition coefficient (Wildman–Crippen LogP) is 3.88. The van der Waals surface area contributed by atoms with Gasteiger partial charge in [-0.25, -0.2) is 9.99 Å². The summed E-state index contributed by atoms with van der Waals surface area (Å²) in [5.41, 5.74) is 4.34. The Kier molecular flexibility index (Phi) is 7.02. The van der Waals surface area contributed by atoms with Gasteiger partial charge >= 0.3 is 0 Å². The molecule has 0 unspecified atom stereocenters. The number of amides is 2. The van der Waals surface area contributed by atoms with Gasteiger partial charge in [0, 0.05) is 42.5 Å². The topological polar surface area (TPSA) is 65.5 Å². The van der Waals surface area contributed by atoms with Gasteiger partial charge in [-0.3, -0.25) is 15.0 Å². The van der Waals surface area contributed by atoms with E-state index in [1.807, 2.05) is 39.6 Å². The average molecular weight is 447 g/mol. The second-order valence-corrected chi connectivity index (χ2v) is 9.28. The molecular formula is C22H27ClN4O2S. The summed E-state index contributed by atoms with van der Waals surface area (Å²) in [6.07, 6.45) is 5.55. The number of aromatic nitrogens is 1. The zero-order chi connectivity index (χ0) is 20.9. The second-order valence-electron chi connectivity index (χ2n) is 7.98. The molecule has 0 radical (unpaired) electrons. The summed E-state index contributed by atoms with van der Waals surface area (Å²) in [6, 6.07) is 7.50. The summed E-state index contributed by atoms with van der Waals surface area (Å²) in [6.45, 7) is 3.23. The number of hydrazine groups is 1. The monoisotopic (exact) mass is 446 g/mol. The maximum absolute atomic E-state index is 12.6. The van der Waals surface area contributed by atoms with Crippen molar-refractivity contribution in [3.8, 4) is 0 Å². The number of halogens is 1. The molecule has 0 aliphatic carbocycles. The molecule has 0 spiro atoms. The number of likely N-dealkylation sites (tertiary alicyclic amines) is 1. The summed E-state index contributed by atoms with van der Waals surface area (Å²) in [7, 11) is 0. The highest BCUT2D eigenvalue weighted by Gasteiger charge is 2.27. The summed E-state index contributed by atoms with van der Waals surface area (Å²) in [5, 5.41) is 5.48. The third-order valence-electron chi connectivity index (χ3n) is 5.87. The molecule has 0 saturated carbocycles. The Labute approximate surface area is 186 Å². The fraction of sp³-hybridized carbons (Fsp3) is 0.500. The zero-order valence-corrected chi connectivity index (χ0v) is 18.6. The fourth-order valence-corrected chi connectivity index (χ4v) is 5.25. The number of rotatable bonds is 5. The molecule has 2 aromatic rings. The maximum Gasteiger partial charge on any atom is 0.285 e. The van der Waals surface area contributed by atoms with Gasteiger partial charge in [-0.2, -0.15) is 0 Å². The number of carbonyl (C=O) groups excluding carboxylic acids is 2. The molecule has 1 aromatic carbocycles. The molecule has 4 rings (SSSR count). The van der Waals surface area contributed by atoms with E-state index >= 15 is 0 Å². The molecular weight excluding hydrogens is 420 g/mol. The van der Waals surface area contributed by atoms with Crippen molar-refractivity contribution in [2.75, 3.05) is 26.2 Å². The molecule has 2 aliphatic heterocycles. The maximum atomic E-state index is 12.6. The molecule has 0 atom stereocenters. The van der Waals surface area contributed by atoms with E-state index in [-0.39, 0.29) is 11.8 Å². The second kappa shape index (κ2) is 9.90. The number of hydrogen-bond acceptors (Lipinski definition) is 5. The Balaban J connectivity index is 1.28. The van der Waals surface area contributed by atoms with Gasteiger partial charge in [-0.05, 0) is 37.3 Å². The first-order valence-electron chi connectivity index (χ1n) is 10.6. The smallest absolute Gasteiger partial charge is 0.285 e. The average Bonchev–Trinajstić information content (AvgIpc) is 3.27. The van der Waals surface area contributed by atoms with E-state index in [1.54, 1.807) is 11.3 Å². The molecule has 1 N–H and O–H groups in total. The molecule has 3 heterocycles. The van der Waals surface area contributed by atoms with Crippen LogP contribution in [0.2, 0.25) is 5.02 Å². The van der Waals surface area contributed by atoms with Crippen LogP contribution in [0.3, 0.4) is 0 Å². The van der Waals surface area contributed by atoms with Gasteiger partial charge in [0.15, 0.2) is 0 Å². The van der Waals surface area contributed by atoms with Crippen molar-refractivity contribution in [2.24, 2.45) is 0 Å². The lowest BCUT2D eigenvalue weighted by molar-refractivity contribution is -0.131. The van der Waals surface area contributed by atoms with Crippen LogP contribution in [0.4, 0.5) is 0 Å². The first-order chi connectivity index (χ1) is 14.6. The lowest BCUT2D eigenvalue weighted by atomic mass is 9.97. The zero-order valence-electron chi connectivity index (χ0n) is 17.0. The molecule has 30 heavy (non-hydrogen) atoms. The number of hydrogen-bond donors (Lipinski definition) is 1. The van der Waals surface area contributed by atoms with E-state index in [4.69, 9.17) is 11.6 Å². The first kappa shape index (κ1) is 21.3. The molecule has 0 bridgehead atoms. The quantitative estimate of drug-likeness (QED) is 0.757. The molecule has 8 heteroatoms. The molecule has 2 fully saturated rings. The Hall–Kier alpha value is -1.96. The van der Waals surface area contributed by atoms with Gasteiger partial charge in [-0.15, -0.1) is 11.3 Å². The van der Waals surface area contributed by atoms with Gasteiger partial charge in [-0.1, -0.05) is 36.2 Å². The lowest BCUT2D eigenvalue weighted by Gasteiger charge is -2.31. The largest absolute Gasteiger partial charge is 0.342 e. The number of benzene rings is 1. The summed E-state index contributed by atoms with van der Waals surface area (Å²) in [5.74, 6) is 0.296. The van der Waals surface area contributed by atoms with E-state index in [1.165, 1.54) is 6.42 Å². The van der Waals surface area contributed by atoms with Crippen LogP contribution in [0.15, 0.2) is 29.6 Å². The van der Waals surface area contributed by atoms with Crippen LogP contribution < -0.4 is 5.43 Å². The molecule has 1 aromatic heterocycles. The van der Waals surface area contributed by atoms with E-state index in [9.17, 15) is 9.59 Å². The highest BCUT2D eigenvalue weighted by atomic mass is 35.5. The molecule has 160 valence electrons. The third-order valence-corrected chi connectivity index (χ3v) is 7.24.